The van der Waals surface area contributed by atoms with Gasteiger partial charge < -0.3 is 24.8 Å². The number of anilines is 1. The molecule has 39 heavy (non-hydrogen) atoms. The van der Waals surface area contributed by atoms with Crippen LogP contribution in [0.15, 0.2) is 18.5 Å². The highest BCUT2D eigenvalue weighted by Crippen LogP contribution is 2.43. The van der Waals surface area contributed by atoms with Gasteiger partial charge in [0.15, 0.2) is 18.0 Å². The monoisotopic (exact) mass is 542 g/mol. The number of carbonyl (C=O) groups excluding carboxylic acids is 2. The number of nitrogens with two attached hydrogens (primary N) is 1. The number of esters is 2. The Hall–Kier alpha value is -2.76. The summed E-state index contributed by atoms with van der Waals surface area (Å²) in [5.41, 5.74) is 7.52. The molecule has 0 radical (unpaired) electrons. The van der Waals surface area contributed by atoms with Crippen molar-refractivity contribution < 1.29 is 23.8 Å². The van der Waals surface area contributed by atoms with E-state index >= 15 is 0 Å². The van der Waals surface area contributed by atoms with E-state index in [1.54, 1.807) is 32.2 Å². The summed E-state index contributed by atoms with van der Waals surface area (Å²) in [6.07, 6.45) is 3.08. The zero-order chi connectivity index (χ0) is 27.9. The van der Waals surface area contributed by atoms with Crippen molar-refractivity contribution in [2.75, 3.05) is 39.0 Å². The molecule has 0 aromatic carbocycles. The maximum absolute atomic E-state index is 12.9. The van der Waals surface area contributed by atoms with Gasteiger partial charge in [-0.25, -0.2) is 9.50 Å². The summed E-state index contributed by atoms with van der Waals surface area (Å²) < 4.78 is 20.6. The van der Waals surface area contributed by atoms with Crippen molar-refractivity contribution in [1.82, 2.24) is 24.4 Å². The van der Waals surface area contributed by atoms with E-state index in [1.807, 2.05) is 12.1 Å². The first-order valence-electron chi connectivity index (χ1n) is 14.2. The van der Waals surface area contributed by atoms with Gasteiger partial charge in [0.25, 0.3) is 0 Å². The van der Waals surface area contributed by atoms with Crippen LogP contribution in [0.2, 0.25) is 0 Å². The van der Waals surface area contributed by atoms with Crippen LogP contribution in [-0.4, -0.2) is 93.4 Å². The third-order valence-corrected chi connectivity index (χ3v) is 8.62. The Morgan fingerprint density at radius 2 is 1.72 bits per heavy atom. The lowest BCUT2D eigenvalue weighted by molar-refractivity contribution is -0.171. The molecule has 2 aromatic heterocycles. The topological polar surface area (TPSA) is 125 Å². The highest BCUT2D eigenvalue weighted by atomic mass is 16.6. The molecule has 3 saturated heterocycles. The lowest BCUT2D eigenvalue weighted by Gasteiger charge is -2.45. The molecule has 3 aliphatic heterocycles. The van der Waals surface area contributed by atoms with Crippen LogP contribution >= 0.6 is 0 Å². The van der Waals surface area contributed by atoms with E-state index in [0.717, 1.165) is 45.3 Å². The third-order valence-electron chi connectivity index (χ3n) is 8.62. The number of aromatic nitrogens is 3. The van der Waals surface area contributed by atoms with E-state index in [2.05, 4.69) is 26.9 Å². The molecule has 0 bridgehead atoms. The Morgan fingerprint density at radius 3 is 2.38 bits per heavy atom. The van der Waals surface area contributed by atoms with Crippen LogP contribution < -0.4 is 5.73 Å². The summed E-state index contributed by atoms with van der Waals surface area (Å²) in [6.45, 7) is 10.8. The van der Waals surface area contributed by atoms with Crippen LogP contribution in [0.4, 0.5) is 5.82 Å². The van der Waals surface area contributed by atoms with E-state index < -0.39 is 24.4 Å². The molecule has 3 fully saturated rings. The molecule has 2 N–H and O–H groups in total. The molecule has 0 unspecified atom stereocenters. The second kappa shape index (κ2) is 11.0. The van der Waals surface area contributed by atoms with E-state index in [9.17, 15) is 9.59 Å². The second-order valence-electron chi connectivity index (χ2n) is 12.0. The second-order valence-corrected chi connectivity index (χ2v) is 12.0. The Bertz CT molecular complexity index is 1190. The summed E-state index contributed by atoms with van der Waals surface area (Å²) >= 11 is 0. The number of nitrogens with zero attached hydrogens (tertiary/aromatic N) is 5. The van der Waals surface area contributed by atoms with Gasteiger partial charge in [0.1, 0.15) is 24.1 Å². The first-order valence-corrected chi connectivity index (χ1v) is 14.2. The van der Waals surface area contributed by atoms with Crippen molar-refractivity contribution in [3.63, 3.8) is 0 Å². The molecule has 0 saturated carbocycles. The number of hydrogen-bond donors (Lipinski definition) is 1. The summed E-state index contributed by atoms with van der Waals surface area (Å²) in [4.78, 5) is 34.9. The number of ether oxygens (including phenoxy) is 3. The molecule has 4 atom stereocenters. The molecule has 11 heteroatoms. The lowest BCUT2D eigenvalue weighted by atomic mass is 9.85. The fourth-order valence-corrected chi connectivity index (χ4v) is 6.21. The van der Waals surface area contributed by atoms with Crippen molar-refractivity contribution in [1.29, 1.82) is 0 Å². The summed E-state index contributed by atoms with van der Waals surface area (Å²) in [5.74, 6) is -1.07. The fourth-order valence-electron chi connectivity index (χ4n) is 6.21. The third kappa shape index (κ3) is 5.36. The predicted molar refractivity (Wildman–Crippen MR) is 145 cm³/mol. The Balaban J connectivity index is 1.51. The number of fused-ring (bicyclic) bond motifs is 1. The number of hydrogen-bond acceptors (Lipinski definition) is 10. The molecular formula is C28H42N6O5. The minimum absolute atomic E-state index is 0.119. The quantitative estimate of drug-likeness (QED) is 0.522. The van der Waals surface area contributed by atoms with Gasteiger partial charge in [0, 0.05) is 12.1 Å². The standard InChI is InChI=1S/C28H42N6O5/c1-17(2)26(35)38-23-21(15-33-12-6-9-28(33)10-13-32(5)14-11-28)37-22(24(23)39-27(36)18(3)4)19-7-8-20-25(29)30-16-31-34(19)20/h7-8,16-18,21-24H,6,9-15H2,1-5H3,(H2,29,30,31)/t21-,22+,23-,24+/m1/s1. The number of nitrogen functional groups attached to an aromatic ring is 1. The van der Waals surface area contributed by atoms with Crippen LogP contribution in [0.5, 0.6) is 0 Å². The number of likely N-dealkylation sites (tertiary alicyclic amines) is 2. The molecule has 2 aromatic rings. The van der Waals surface area contributed by atoms with Gasteiger partial charge in [-0.15, -0.1) is 0 Å². The van der Waals surface area contributed by atoms with Gasteiger partial charge in [-0.3, -0.25) is 14.5 Å². The van der Waals surface area contributed by atoms with Crippen LogP contribution in [0.3, 0.4) is 0 Å². The Labute approximate surface area is 229 Å². The number of rotatable bonds is 7. The van der Waals surface area contributed by atoms with E-state index in [0.29, 0.717) is 23.6 Å². The largest absolute Gasteiger partial charge is 0.455 e. The molecule has 3 aliphatic rings. The zero-order valence-electron chi connectivity index (χ0n) is 23.7. The smallest absolute Gasteiger partial charge is 0.308 e. The molecule has 1 spiro atoms. The van der Waals surface area contributed by atoms with Crippen LogP contribution in [0.1, 0.15) is 65.2 Å². The normalized spacial score (nSPS) is 27.7. The fraction of sp³-hybridized carbons (Fsp3) is 0.714. The Morgan fingerprint density at radius 1 is 1.05 bits per heavy atom. The molecule has 5 rings (SSSR count). The average Bonchev–Trinajstić information content (AvgIpc) is 3.59. The molecular weight excluding hydrogens is 500 g/mol. The maximum atomic E-state index is 12.9. The molecule has 0 aliphatic carbocycles. The summed E-state index contributed by atoms with van der Waals surface area (Å²) in [6, 6.07) is 3.69. The molecule has 0 amide bonds. The van der Waals surface area contributed by atoms with Gasteiger partial charge in [-0.2, -0.15) is 5.10 Å². The first kappa shape index (κ1) is 27.8. The van der Waals surface area contributed by atoms with Crippen molar-refractivity contribution >= 4 is 23.3 Å². The van der Waals surface area contributed by atoms with Crippen LogP contribution in [0, 0.1) is 11.8 Å². The van der Waals surface area contributed by atoms with E-state index in [4.69, 9.17) is 19.9 Å². The SMILES string of the molecule is CC(C)C(=O)O[C@@H]1[C@H](OC(=O)C(C)C)[C@@H](CN2CCCC23CCN(C)CC3)O[C@H]1c1ccc2c(N)ncnn12. The minimum atomic E-state index is -0.835. The van der Waals surface area contributed by atoms with Gasteiger partial charge in [0.05, 0.1) is 17.5 Å². The van der Waals surface area contributed by atoms with Crippen molar-refractivity contribution in [2.24, 2.45) is 11.8 Å². The van der Waals surface area contributed by atoms with Gasteiger partial charge in [-0.05, 0) is 64.5 Å². The van der Waals surface area contributed by atoms with Gasteiger partial charge in [-0.1, -0.05) is 27.7 Å². The number of carbonyl (C=O) groups is 2. The number of piperidine rings is 1. The predicted octanol–water partition coefficient (Wildman–Crippen LogP) is 2.45. The Kier molecular flexibility index (Phi) is 7.85. The van der Waals surface area contributed by atoms with Gasteiger partial charge >= 0.3 is 11.9 Å². The molecule has 11 nitrogen and oxygen atoms in total. The lowest BCUT2D eigenvalue weighted by Crippen LogP contribution is -2.54. The molecule has 214 valence electrons. The van der Waals surface area contributed by atoms with E-state index in [-0.39, 0.29) is 29.3 Å². The van der Waals surface area contributed by atoms with Gasteiger partial charge in [0.2, 0.25) is 0 Å². The van der Waals surface area contributed by atoms with Crippen molar-refractivity contribution in [2.45, 2.75) is 83.3 Å². The summed E-state index contributed by atoms with van der Waals surface area (Å²) in [5, 5.41) is 4.40. The van der Waals surface area contributed by atoms with Crippen molar-refractivity contribution in [3.8, 4) is 0 Å². The minimum Gasteiger partial charge on any atom is -0.455 e. The zero-order valence-corrected chi connectivity index (χ0v) is 23.7. The first-order chi connectivity index (χ1) is 18.6. The van der Waals surface area contributed by atoms with Crippen molar-refractivity contribution in [3.05, 3.63) is 24.2 Å². The van der Waals surface area contributed by atoms with E-state index in [1.165, 1.54) is 6.33 Å². The molecule has 5 heterocycles. The summed E-state index contributed by atoms with van der Waals surface area (Å²) in [7, 11) is 2.17. The van der Waals surface area contributed by atoms with Crippen LogP contribution in [-0.2, 0) is 23.8 Å². The average molecular weight is 543 g/mol. The highest BCUT2D eigenvalue weighted by Gasteiger charge is 2.54. The van der Waals surface area contributed by atoms with Crippen LogP contribution in [0.25, 0.3) is 5.52 Å². The highest BCUT2D eigenvalue weighted by molar-refractivity contribution is 5.73. The maximum Gasteiger partial charge on any atom is 0.308 e.